The van der Waals surface area contributed by atoms with E-state index in [1.807, 2.05) is 49.3 Å². The molecule has 1 aromatic heterocycles. The molecule has 47 heavy (non-hydrogen) atoms. The smallest absolute Gasteiger partial charge is 0.336 e. The molecule has 0 aliphatic carbocycles. The lowest BCUT2D eigenvalue weighted by Crippen LogP contribution is -2.27. The van der Waals surface area contributed by atoms with Crippen molar-refractivity contribution in [1.29, 1.82) is 0 Å². The summed E-state index contributed by atoms with van der Waals surface area (Å²) < 4.78 is 17.7. The van der Waals surface area contributed by atoms with E-state index in [1.54, 1.807) is 18.2 Å². The maximum Gasteiger partial charge on any atom is 0.336 e. The highest BCUT2D eigenvalue weighted by Gasteiger charge is 2.22. The Kier molecular flexibility index (Phi) is 11.2. The summed E-state index contributed by atoms with van der Waals surface area (Å²) in [5, 5.41) is 15.9. The number of benzene rings is 4. The zero-order chi connectivity index (χ0) is 33.3. The SMILES string of the molecule is CCCCCCCOCCOCCNC(=O)c1ccc(C(=O)O)c(-c2c3ccc(N(C)C)cc3oc3c2ccc2cc(=O)ccc23)c1. The summed E-state index contributed by atoms with van der Waals surface area (Å²) in [6, 6.07) is 18.7. The molecule has 0 saturated heterocycles. The van der Waals surface area contributed by atoms with Gasteiger partial charge in [-0.15, -0.1) is 0 Å². The van der Waals surface area contributed by atoms with Gasteiger partial charge in [0.25, 0.3) is 5.91 Å². The average molecular weight is 639 g/mol. The van der Waals surface area contributed by atoms with Crippen molar-refractivity contribution >= 4 is 50.3 Å². The van der Waals surface area contributed by atoms with Crippen LogP contribution in [0.5, 0.6) is 0 Å². The summed E-state index contributed by atoms with van der Waals surface area (Å²) in [6.45, 7) is 4.50. The molecular weight excluding hydrogens is 596 g/mol. The Morgan fingerprint density at radius 3 is 2.32 bits per heavy atom. The highest BCUT2D eigenvalue weighted by atomic mass is 16.5. The van der Waals surface area contributed by atoms with Gasteiger partial charge < -0.3 is 29.2 Å². The molecule has 0 radical (unpaired) electrons. The van der Waals surface area contributed by atoms with Crippen LogP contribution in [-0.4, -0.2) is 64.1 Å². The lowest BCUT2D eigenvalue weighted by atomic mass is 9.90. The van der Waals surface area contributed by atoms with Crippen molar-refractivity contribution in [1.82, 2.24) is 5.32 Å². The summed E-state index contributed by atoms with van der Waals surface area (Å²) in [7, 11) is 3.85. The molecule has 0 aliphatic heterocycles. The fraction of sp³-hybridized carbons (Fsp3) is 0.342. The molecule has 0 bridgehead atoms. The summed E-state index contributed by atoms with van der Waals surface area (Å²) in [5.74, 6) is -1.46. The van der Waals surface area contributed by atoms with E-state index in [-0.39, 0.29) is 16.9 Å². The Hall–Kier alpha value is -4.73. The van der Waals surface area contributed by atoms with E-state index in [2.05, 4.69) is 12.2 Å². The number of carboxylic acids is 1. The molecule has 4 aromatic carbocycles. The minimum atomic E-state index is -1.12. The Morgan fingerprint density at radius 2 is 1.55 bits per heavy atom. The van der Waals surface area contributed by atoms with Crippen molar-refractivity contribution in [3.63, 3.8) is 0 Å². The number of amides is 1. The van der Waals surface area contributed by atoms with E-state index in [9.17, 15) is 19.5 Å². The van der Waals surface area contributed by atoms with Gasteiger partial charge in [-0.25, -0.2) is 4.79 Å². The minimum absolute atomic E-state index is 0.0516. The zero-order valence-corrected chi connectivity index (χ0v) is 27.3. The maximum atomic E-state index is 13.3. The molecule has 5 rings (SSSR count). The van der Waals surface area contributed by atoms with Crippen LogP contribution < -0.4 is 15.6 Å². The Balaban J connectivity index is 1.41. The maximum absolute atomic E-state index is 13.3. The molecule has 0 aliphatic rings. The summed E-state index contributed by atoms with van der Waals surface area (Å²) >= 11 is 0. The second-order valence-corrected chi connectivity index (χ2v) is 11.8. The predicted octanol–water partition coefficient (Wildman–Crippen LogP) is 7.26. The van der Waals surface area contributed by atoms with Gasteiger partial charge in [-0.1, -0.05) is 38.7 Å². The Labute approximate surface area is 274 Å². The first-order chi connectivity index (χ1) is 22.8. The number of anilines is 1. The van der Waals surface area contributed by atoms with Crippen LogP contribution in [0.2, 0.25) is 0 Å². The third-order valence-electron chi connectivity index (χ3n) is 8.25. The van der Waals surface area contributed by atoms with Crippen LogP contribution in [0.4, 0.5) is 5.69 Å². The molecule has 0 spiro atoms. The van der Waals surface area contributed by atoms with E-state index < -0.39 is 5.97 Å². The first-order valence-electron chi connectivity index (χ1n) is 16.2. The van der Waals surface area contributed by atoms with Gasteiger partial charge in [0, 0.05) is 66.3 Å². The lowest BCUT2D eigenvalue weighted by Gasteiger charge is -2.18. The predicted molar refractivity (Wildman–Crippen MR) is 187 cm³/mol. The lowest BCUT2D eigenvalue weighted by molar-refractivity contribution is 0.0468. The fourth-order valence-electron chi connectivity index (χ4n) is 5.76. The van der Waals surface area contributed by atoms with Crippen molar-refractivity contribution in [2.24, 2.45) is 0 Å². The van der Waals surface area contributed by atoms with E-state index >= 15 is 0 Å². The first kappa shape index (κ1) is 33.6. The number of carbonyl (C=O) groups excluding carboxylic acids is 1. The van der Waals surface area contributed by atoms with Crippen LogP contribution in [0.15, 0.2) is 75.9 Å². The van der Waals surface area contributed by atoms with E-state index in [0.29, 0.717) is 70.4 Å². The van der Waals surface area contributed by atoms with Crippen LogP contribution in [0.1, 0.15) is 59.7 Å². The van der Waals surface area contributed by atoms with Gasteiger partial charge in [0.1, 0.15) is 11.2 Å². The van der Waals surface area contributed by atoms with Crippen molar-refractivity contribution in [2.45, 2.75) is 39.0 Å². The van der Waals surface area contributed by atoms with Gasteiger partial charge in [-0.05, 0) is 72.0 Å². The van der Waals surface area contributed by atoms with Crippen molar-refractivity contribution in [2.75, 3.05) is 52.0 Å². The molecule has 9 heteroatoms. The van der Waals surface area contributed by atoms with Crippen molar-refractivity contribution in [3.05, 3.63) is 88.1 Å². The van der Waals surface area contributed by atoms with Crippen LogP contribution in [0, 0.1) is 0 Å². The molecule has 1 amide bonds. The zero-order valence-electron chi connectivity index (χ0n) is 27.3. The quantitative estimate of drug-likeness (QED) is 0.0659. The molecule has 0 unspecified atom stereocenters. The third kappa shape index (κ3) is 7.99. The van der Waals surface area contributed by atoms with E-state index in [0.717, 1.165) is 24.1 Å². The van der Waals surface area contributed by atoms with Gasteiger partial charge in [0.05, 0.1) is 25.4 Å². The second-order valence-electron chi connectivity index (χ2n) is 11.8. The number of aromatic carboxylic acids is 1. The average Bonchev–Trinajstić information content (AvgIpc) is 3.06. The molecular formula is C38H42N2O7. The number of nitrogens with one attached hydrogen (secondary N) is 1. The normalized spacial score (nSPS) is 11.4. The molecule has 2 N–H and O–H groups in total. The third-order valence-corrected chi connectivity index (χ3v) is 8.25. The van der Waals surface area contributed by atoms with Gasteiger partial charge in [0.2, 0.25) is 0 Å². The number of fused-ring (bicyclic) bond motifs is 4. The van der Waals surface area contributed by atoms with Gasteiger partial charge in [0.15, 0.2) is 5.43 Å². The molecule has 0 fully saturated rings. The number of carboxylic acid groups (broad SMARTS) is 1. The first-order valence-corrected chi connectivity index (χ1v) is 16.2. The standard InChI is InChI=1S/C38H42N2O7/c1-4-5-6-7-8-18-45-20-21-46-19-17-39-37(42)26-10-13-30(38(43)44)33(23-26)35-31-15-11-27(40(2)3)24-34(31)47-36-29-16-12-28(41)22-25(29)9-14-32(35)36/h9-16,22-24H,4-8,17-21H2,1-3H3,(H,39,42)(H,43,44). The number of hydrogen-bond acceptors (Lipinski definition) is 7. The van der Waals surface area contributed by atoms with E-state index in [1.165, 1.54) is 43.9 Å². The molecule has 0 saturated carbocycles. The summed E-state index contributed by atoms with van der Waals surface area (Å²) in [6.07, 6.45) is 5.96. The molecule has 246 valence electrons. The molecule has 5 aromatic rings. The van der Waals surface area contributed by atoms with Crippen LogP contribution in [0.3, 0.4) is 0 Å². The number of nitrogens with zero attached hydrogens (tertiary/aromatic N) is 1. The largest absolute Gasteiger partial charge is 0.478 e. The van der Waals surface area contributed by atoms with Gasteiger partial charge in [-0.2, -0.15) is 0 Å². The highest BCUT2D eigenvalue weighted by molar-refractivity contribution is 6.18. The minimum Gasteiger partial charge on any atom is -0.478 e. The number of rotatable bonds is 16. The highest BCUT2D eigenvalue weighted by Crippen LogP contribution is 2.41. The second kappa shape index (κ2) is 15.7. The van der Waals surface area contributed by atoms with E-state index in [4.69, 9.17) is 13.9 Å². The van der Waals surface area contributed by atoms with Gasteiger partial charge in [-0.3, -0.25) is 9.59 Å². The Bertz CT molecular complexity index is 1950. The monoisotopic (exact) mass is 638 g/mol. The molecule has 0 atom stereocenters. The number of carbonyl (C=O) groups is 2. The van der Waals surface area contributed by atoms with Crippen molar-refractivity contribution in [3.8, 4) is 11.1 Å². The number of unbranched alkanes of at least 4 members (excludes halogenated alkanes) is 4. The Morgan fingerprint density at radius 1 is 0.809 bits per heavy atom. The van der Waals surface area contributed by atoms with Crippen LogP contribution in [-0.2, 0) is 9.47 Å². The summed E-state index contributed by atoms with van der Waals surface area (Å²) in [4.78, 5) is 39.9. The number of hydrogen-bond donors (Lipinski definition) is 2. The van der Waals surface area contributed by atoms with Crippen molar-refractivity contribution < 1.29 is 28.6 Å². The molecule has 9 nitrogen and oxygen atoms in total. The summed E-state index contributed by atoms with van der Waals surface area (Å²) in [5.41, 5.74) is 3.22. The van der Waals surface area contributed by atoms with Crippen LogP contribution in [0.25, 0.3) is 43.8 Å². The fourth-order valence-corrected chi connectivity index (χ4v) is 5.76. The number of ether oxygens (including phenoxy) is 2. The van der Waals surface area contributed by atoms with Gasteiger partial charge >= 0.3 is 5.97 Å². The van der Waals surface area contributed by atoms with Crippen LogP contribution >= 0.6 is 0 Å². The topological polar surface area (TPSA) is 118 Å². The molecule has 1 heterocycles.